The summed E-state index contributed by atoms with van der Waals surface area (Å²) >= 11 is 5.82. The SMILES string of the molecule is CCC(CC)N(CCO)c1cc([N+](=O)[O-])cc(Cl)n1. The van der Waals surface area contributed by atoms with Gasteiger partial charge in [-0.25, -0.2) is 4.98 Å². The molecule has 1 rings (SSSR count). The van der Waals surface area contributed by atoms with Crippen LogP contribution < -0.4 is 4.90 Å². The number of anilines is 1. The number of halogens is 1. The molecule has 7 heteroatoms. The van der Waals surface area contributed by atoms with Gasteiger partial charge in [-0.3, -0.25) is 10.1 Å². The summed E-state index contributed by atoms with van der Waals surface area (Å²) in [4.78, 5) is 16.3. The maximum atomic E-state index is 10.8. The summed E-state index contributed by atoms with van der Waals surface area (Å²) < 4.78 is 0. The minimum absolute atomic E-state index is 0.0432. The van der Waals surface area contributed by atoms with Crippen LogP contribution in [0.5, 0.6) is 0 Å². The Labute approximate surface area is 117 Å². The maximum Gasteiger partial charge on any atom is 0.276 e. The summed E-state index contributed by atoms with van der Waals surface area (Å²) in [5, 5.41) is 20.1. The van der Waals surface area contributed by atoms with Gasteiger partial charge in [-0.05, 0) is 12.8 Å². The number of aliphatic hydroxyl groups excluding tert-OH is 1. The van der Waals surface area contributed by atoms with Crippen LogP contribution >= 0.6 is 11.6 Å². The molecule has 0 saturated heterocycles. The van der Waals surface area contributed by atoms with Crippen LogP contribution in [0.1, 0.15) is 26.7 Å². The average Bonchev–Trinajstić information content (AvgIpc) is 2.38. The van der Waals surface area contributed by atoms with Gasteiger partial charge in [-0.2, -0.15) is 0 Å². The van der Waals surface area contributed by atoms with Crippen molar-refractivity contribution in [2.75, 3.05) is 18.1 Å². The van der Waals surface area contributed by atoms with E-state index in [4.69, 9.17) is 16.7 Å². The highest BCUT2D eigenvalue weighted by Crippen LogP contribution is 2.25. The van der Waals surface area contributed by atoms with Gasteiger partial charge in [0.25, 0.3) is 5.69 Å². The fourth-order valence-corrected chi connectivity index (χ4v) is 2.24. The van der Waals surface area contributed by atoms with Crippen LogP contribution in [-0.2, 0) is 0 Å². The summed E-state index contributed by atoms with van der Waals surface area (Å²) in [7, 11) is 0. The topological polar surface area (TPSA) is 79.5 Å². The molecule has 19 heavy (non-hydrogen) atoms. The molecule has 0 amide bonds. The van der Waals surface area contributed by atoms with Crippen LogP contribution in [0.2, 0.25) is 5.15 Å². The summed E-state index contributed by atoms with van der Waals surface area (Å²) in [5.74, 6) is 0.432. The molecule has 0 bridgehead atoms. The number of rotatable bonds is 7. The Hall–Kier alpha value is -1.40. The second kappa shape index (κ2) is 7.25. The zero-order chi connectivity index (χ0) is 14.4. The lowest BCUT2D eigenvalue weighted by Gasteiger charge is -2.30. The normalized spacial score (nSPS) is 10.8. The molecule has 0 radical (unpaired) electrons. The van der Waals surface area contributed by atoms with E-state index in [1.807, 2.05) is 18.7 Å². The highest BCUT2D eigenvalue weighted by molar-refractivity contribution is 6.29. The van der Waals surface area contributed by atoms with Gasteiger partial charge in [-0.1, -0.05) is 25.4 Å². The molecule has 6 nitrogen and oxygen atoms in total. The molecule has 0 spiro atoms. The van der Waals surface area contributed by atoms with Crippen molar-refractivity contribution >= 4 is 23.1 Å². The molecule has 0 aromatic carbocycles. The van der Waals surface area contributed by atoms with E-state index in [1.165, 1.54) is 12.1 Å². The van der Waals surface area contributed by atoms with Crippen molar-refractivity contribution in [1.82, 2.24) is 4.98 Å². The summed E-state index contributed by atoms with van der Waals surface area (Å²) in [6.07, 6.45) is 1.72. The number of hydrogen-bond acceptors (Lipinski definition) is 5. The lowest BCUT2D eigenvalue weighted by atomic mass is 10.1. The van der Waals surface area contributed by atoms with Crippen molar-refractivity contribution < 1.29 is 10.0 Å². The number of aliphatic hydroxyl groups is 1. The molecule has 1 aromatic rings. The molecule has 0 aliphatic carbocycles. The Morgan fingerprint density at radius 3 is 2.58 bits per heavy atom. The van der Waals surface area contributed by atoms with Crippen LogP contribution in [0.4, 0.5) is 11.5 Å². The molecule has 0 unspecified atom stereocenters. The average molecular weight is 288 g/mol. The molecule has 0 aliphatic heterocycles. The highest BCUT2D eigenvalue weighted by Gasteiger charge is 2.20. The van der Waals surface area contributed by atoms with Crippen LogP contribution in [0.3, 0.4) is 0 Å². The Morgan fingerprint density at radius 1 is 1.47 bits per heavy atom. The van der Waals surface area contributed by atoms with Gasteiger partial charge in [0.1, 0.15) is 11.0 Å². The first kappa shape index (κ1) is 15.7. The van der Waals surface area contributed by atoms with Crippen molar-refractivity contribution in [3.05, 3.63) is 27.4 Å². The van der Waals surface area contributed by atoms with Gasteiger partial charge in [-0.15, -0.1) is 0 Å². The number of nitro groups is 1. The van der Waals surface area contributed by atoms with E-state index in [0.717, 1.165) is 12.8 Å². The summed E-state index contributed by atoms with van der Waals surface area (Å²) in [6.45, 7) is 4.38. The first-order chi connectivity index (χ1) is 9.03. The number of pyridine rings is 1. The second-order valence-corrected chi connectivity index (χ2v) is 4.54. The van der Waals surface area contributed by atoms with Gasteiger partial charge in [0.15, 0.2) is 0 Å². The predicted octanol–water partition coefficient (Wildman–Crippen LogP) is 2.63. The van der Waals surface area contributed by atoms with Gasteiger partial charge < -0.3 is 10.0 Å². The highest BCUT2D eigenvalue weighted by atomic mass is 35.5. The largest absolute Gasteiger partial charge is 0.395 e. The quantitative estimate of drug-likeness (QED) is 0.474. The Morgan fingerprint density at radius 2 is 2.11 bits per heavy atom. The van der Waals surface area contributed by atoms with Crippen LogP contribution in [0.15, 0.2) is 12.1 Å². The number of aromatic nitrogens is 1. The van der Waals surface area contributed by atoms with E-state index >= 15 is 0 Å². The molecule has 106 valence electrons. The van der Waals surface area contributed by atoms with Crippen LogP contribution in [-0.4, -0.2) is 34.2 Å². The van der Waals surface area contributed by atoms with Crippen molar-refractivity contribution in [3.63, 3.8) is 0 Å². The Kier molecular flexibility index (Phi) is 5.98. The Balaban J connectivity index is 3.17. The molecular formula is C12H18ClN3O3. The van der Waals surface area contributed by atoms with Crippen molar-refractivity contribution in [3.8, 4) is 0 Å². The van der Waals surface area contributed by atoms with Crippen LogP contribution in [0, 0.1) is 10.1 Å². The van der Waals surface area contributed by atoms with Gasteiger partial charge >= 0.3 is 0 Å². The predicted molar refractivity (Wildman–Crippen MR) is 74.7 cm³/mol. The van der Waals surface area contributed by atoms with Gasteiger partial charge in [0.05, 0.1) is 23.7 Å². The van der Waals surface area contributed by atoms with E-state index in [2.05, 4.69) is 4.98 Å². The molecule has 1 aromatic heterocycles. The third-order valence-corrected chi connectivity index (χ3v) is 3.19. The van der Waals surface area contributed by atoms with Gasteiger partial charge in [0, 0.05) is 12.6 Å². The number of hydrogen-bond donors (Lipinski definition) is 1. The Bertz CT molecular complexity index is 438. The minimum Gasteiger partial charge on any atom is -0.395 e. The van der Waals surface area contributed by atoms with E-state index in [9.17, 15) is 10.1 Å². The lowest BCUT2D eigenvalue weighted by molar-refractivity contribution is -0.384. The third kappa shape index (κ3) is 4.04. The smallest absolute Gasteiger partial charge is 0.276 e. The van der Waals surface area contributed by atoms with Crippen molar-refractivity contribution in [2.45, 2.75) is 32.7 Å². The van der Waals surface area contributed by atoms with Crippen molar-refractivity contribution in [1.29, 1.82) is 0 Å². The minimum atomic E-state index is -0.499. The lowest BCUT2D eigenvalue weighted by Crippen LogP contribution is -2.37. The van der Waals surface area contributed by atoms with E-state index in [-0.39, 0.29) is 23.5 Å². The second-order valence-electron chi connectivity index (χ2n) is 4.15. The molecule has 1 heterocycles. The van der Waals surface area contributed by atoms with Gasteiger partial charge in [0.2, 0.25) is 0 Å². The summed E-state index contributed by atoms with van der Waals surface area (Å²) in [5.41, 5.74) is -0.0936. The first-order valence-electron chi connectivity index (χ1n) is 6.22. The molecule has 0 atom stereocenters. The zero-order valence-corrected chi connectivity index (χ0v) is 11.8. The molecular weight excluding hydrogens is 270 g/mol. The van der Waals surface area contributed by atoms with E-state index < -0.39 is 4.92 Å². The fourth-order valence-electron chi connectivity index (χ4n) is 2.04. The maximum absolute atomic E-state index is 10.8. The summed E-state index contributed by atoms with van der Waals surface area (Å²) in [6, 6.07) is 2.77. The van der Waals surface area contributed by atoms with Crippen LogP contribution in [0.25, 0.3) is 0 Å². The first-order valence-corrected chi connectivity index (χ1v) is 6.60. The molecule has 0 fully saturated rings. The third-order valence-electron chi connectivity index (χ3n) is 2.99. The molecule has 1 N–H and O–H groups in total. The standard InChI is InChI=1S/C12H18ClN3O3/c1-3-9(4-2)15(5-6-17)12-8-10(16(18)19)7-11(13)14-12/h7-9,17H,3-6H2,1-2H3. The zero-order valence-electron chi connectivity index (χ0n) is 11.0. The van der Waals surface area contributed by atoms with Crippen molar-refractivity contribution in [2.24, 2.45) is 0 Å². The number of nitrogens with zero attached hydrogens (tertiary/aromatic N) is 3. The monoisotopic (exact) mass is 287 g/mol. The van der Waals surface area contributed by atoms with E-state index in [0.29, 0.717) is 12.4 Å². The fraction of sp³-hybridized carbons (Fsp3) is 0.583. The molecule has 0 saturated carbocycles. The van der Waals surface area contributed by atoms with E-state index in [1.54, 1.807) is 0 Å². The molecule has 0 aliphatic rings.